The van der Waals surface area contributed by atoms with Gasteiger partial charge in [0, 0.05) is 62.6 Å². The molecule has 1 aliphatic heterocycles. The molecule has 0 atom stereocenters. The summed E-state index contributed by atoms with van der Waals surface area (Å²) in [6.45, 7) is 3.89. The van der Waals surface area contributed by atoms with Crippen LogP contribution in [0.2, 0.25) is 0 Å². The molecule has 138 valence electrons. The maximum atomic E-state index is 5.78. The van der Waals surface area contributed by atoms with E-state index >= 15 is 0 Å². The highest BCUT2D eigenvalue weighted by Gasteiger charge is 2.21. The third kappa shape index (κ3) is 3.62. The van der Waals surface area contributed by atoms with Crippen LogP contribution in [0.1, 0.15) is 5.56 Å². The Kier molecular flexibility index (Phi) is 4.99. The number of thiocarbonyl (C=S) groups is 1. The first-order valence-electron chi connectivity index (χ1n) is 9.43. The Hall–Kier alpha value is -2.59. The quantitative estimate of drug-likeness (QED) is 0.627. The van der Waals surface area contributed by atoms with Crippen molar-refractivity contribution < 1.29 is 0 Å². The molecule has 1 fully saturated rings. The molecule has 4 rings (SSSR count). The average Bonchev–Trinajstić information content (AvgIpc) is 2.73. The van der Waals surface area contributed by atoms with Gasteiger partial charge in [-0.05, 0) is 35.7 Å². The summed E-state index contributed by atoms with van der Waals surface area (Å²) in [6.07, 6.45) is 0. The van der Waals surface area contributed by atoms with Gasteiger partial charge in [-0.3, -0.25) is 0 Å². The van der Waals surface area contributed by atoms with Crippen molar-refractivity contribution in [2.24, 2.45) is 0 Å². The fourth-order valence-corrected chi connectivity index (χ4v) is 4.04. The number of benzene rings is 3. The van der Waals surface area contributed by atoms with Gasteiger partial charge in [0.2, 0.25) is 0 Å². The van der Waals surface area contributed by atoms with E-state index in [-0.39, 0.29) is 0 Å². The highest BCUT2D eigenvalue weighted by Crippen LogP contribution is 2.27. The zero-order valence-corrected chi connectivity index (χ0v) is 16.7. The number of hydrogen-bond donors (Lipinski definition) is 0. The summed E-state index contributed by atoms with van der Waals surface area (Å²) in [5, 5.41) is 2.63. The zero-order chi connectivity index (χ0) is 18.8. The first kappa shape index (κ1) is 17.8. The van der Waals surface area contributed by atoms with Crippen LogP contribution in [0.3, 0.4) is 0 Å². The summed E-state index contributed by atoms with van der Waals surface area (Å²) in [5.41, 5.74) is 3.66. The molecule has 0 aliphatic carbocycles. The van der Waals surface area contributed by atoms with E-state index in [1.807, 2.05) is 0 Å². The largest absolute Gasteiger partial charge is 0.378 e. The molecule has 1 saturated heterocycles. The van der Waals surface area contributed by atoms with Crippen molar-refractivity contribution in [1.82, 2.24) is 4.90 Å². The maximum absolute atomic E-state index is 5.78. The minimum absolute atomic E-state index is 0.956. The first-order valence-corrected chi connectivity index (χ1v) is 9.84. The minimum Gasteiger partial charge on any atom is -0.378 e. The van der Waals surface area contributed by atoms with Gasteiger partial charge in [0.1, 0.15) is 4.99 Å². The third-order valence-corrected chi connectivity index (χ3v) is 5.80. The third-order valence-electron chi connectivity index (χ3n) is 5.30. The molecule has 0 spiro atoms. The molecule has 0 radical (unpaired) electrons. The number of hydrogen-bond acceptors (Lipinski definition) is 3. The molecule has 3 aromatic carbocycles. The Bertz CT molecular complexity index is 936. The van der Waals surface area contributed by atoms with Gasteiger partial charge in [-0.2, -0.15) is 0 Å². The number of piperazine rings is 1. The molecule has 3 aromatic rings. The Morgan fingerprint density at radius 1 is 0.815 bits per heavy atom. The highest BCUT2D eigenvalue weighted by molar-refractivity contribution is 7.80. The number of fused-ring (bicyclic) bond motifs is 1. The van der Waals surface area contributed by atoms with Crippen LogP contribution >= 0.6 is 12.2 Å². The van der Waals surface area contributed by atoms with Crippen molar-refractivity contribution in [2.45, 2.75) is 0 Å². The van der Waals surface area contributed by atoms with Crippen molar-refractivity contribution in [2.75, 3.05) is 50.1 Å². The van der Waals surface area contributed by atoms with E-state index < -0.39 is 0 Å². The summed E-state index contributed by atoms with van der Waals surface area (Å²) in [5.74, 6) is 0. The molecule has 0 bridgehead atoms. The predicted octanol–water partition coefficient (Wildman–Crippen LogP) is 4.40. The van der Waals surface area contributed by atoms with E-state index in [1.165, 1.54) is 22.1 Å². The Morgan fingerprint density at radius 2 is 1.48 bits per heavy atom. The van der Waals surface area contributed by atoms with Gasteiger partial charge in [0.25, 0.3) is 0 Å². The summed E-state index contributed by atoms with van der Waals surface area (Å²) in [7, 11) is 4.11. The van der Waals surface area contributed by atoms with Gasteiger partial charge in [0.05, 0.1) is 0 Å². The number of anilines is 2. The van der Waals surface area contributed by atoms with Gasteiger partial charge in [-0.25, -0.2) is 0 Å². The van der Waals surface area contributed by atoms with E-state index in [9.17, 15) is 0 Å². The molecule has 0 N–H and O–H groups in total. The van der Waals surface area contributed by atoms with Gasteiger partial charge < -0.3 is 14.7 Å². The molecule has 1 aliphatic rings. The van der Waals surface area contributed by atoms with Crippen LogP contribution in [0.15, 0.2) is 66.7 Å². The molecule has 0 unspecified atom stereocenters. The second-order valence-electron chi connectivity index (χ2n) is 7.22. The van der Waals surface area contributed by atoms with Crippen LogP contribution in [0, 0.1) is 0 Å². The number of rotatable bonds is 3. The molecule has 3 nitrogen and oxygen atoms in total. The van der Waals surface area contributed by atoms with Gasteiger partial charge in [0.15, 0.2) is 0 Å². The maximum Gasteiger partial charge on any atom is 0.109 e. The van der Waals surface area contributed by atoms with Crippen molar-refractivity contribution in [3.8, 4) is 0 Å². The van der Waals surface area contributed by atoms with Gasteiger partial charge in [-0.1, -0.05) is 48.6 Å². The number of nitrogens with zero attached hydrogens (tertiary/aromatic N) is 3. The fourth-order valence-electron chi connectivity index (χ4n) is 3.72. The van der Waals surface area contributed by atoms with E-state index in [1.54, 1.807) is 0 Å². The lowest BCUT2D eigenvalue weighted by atomic mass is 10.1. The molecular formula is C23H25N3S. The summed E-state index contributed by atoms with van der Waals surface area (Å²) < 4.78 is 0. The Labute approximate surface area is 166 Å². The van der Waals surface area contributed by atoms with E-state index in [2.05, 4.69) is 95.5 Å². The molecule has 0 aromatic heterocycles. The van der Waals surface area contributed by atoms with Crippen LogP contribution in [-0.2, 0) is 0 Å². The van der Waals surface area contributed by atoms with Crippen molar-refractivity contribution in [1.29, 1.82) is 0 Å². The van der Waals surface area contributed by atoms with Gasteiger partial charge >= 0.3 is 0 Å². The lowest BCUT2D eigenvalue weighted by Crippen LogP contribution is -2.48. The summed E-state index contributed by atoms with van der Waals surface area (Å²) in [6, 6.07) is 23.7. The topological polar surface area (TPSA) is 9.72 Å². The fraction of sp³-hybridized carbons (Fsp3) is 0.261. The van der Waals surface area contributed by atoms with E-state index in [0.29, 0.717) is 0 Å². The molecule has 27 heavy (non-hydrogen) atoms. The first-order chi connectivity index (χ1) is 13.1. The molecule has 4 heteroatoms. The van der Waals surface area contributed by atoms with Crippen LogP contribution in [0.5, 0.6) is 0 Å². The molecule has 0 saturated carbocycles. The van der Waals surface area contributed by atoms with Crippen molar-refractivity contribution >= 4 is 39.4 Å². The average molecular weight is 376 g/mol. The van der Waals surface area contributed by atoms with Crippen LogP contribution in [0.4, 0.5) is 11.4 Å². The van der Waals surface area contributed by atoms with Crippen LogP contribution < -0.4 is 9.80 Å². The van der Waals surface area contributed by atoms with E-state index in [4.69, 9.17) is 12.2 Å². The lowest BCUT2D eigenvalue weighted by molar-refractivity contribution is 0.392. The monoisotopic (exact) mass is 375 g/mol. The predicted molar refractivity (Wildman–Crippen MR) is 120 cm³/mol. The zero-order valence-electron chi connectivity index (χ0n) is 15.9. The SMILES string of the molecule is CN(C)c1ccc(C(=S)N2CCN(c3cccc4ccccc34)CC2)cc1. The Morgan fingerprint density at radius 3 is 2.19 bits per heavy atom. The van der Waals surface area contributed by atoms with E-state index in [0.717, 1.165) is 36.7 Å². The van der Waals surface area contributed by atoms with Crippen molar-refractivity contribution in [3.63, 3.8) is 0 Å². The smallest absolute Gasteiger partial charge is 0.109 e. The minimum atomic E-state index is 0.956. The summed E-state index contributed by atoms with van der Waals surface area (Å²) in [4.78, 5) is 7.88. The second-order valence-corrected chi connectivity index (χ2v) is 7.61. The lowest BCUT2D eigenvalue weighted by Gasteiger charge is -2.38. The standard InChI is InChI=1S/C23H25N3S/c1-24(2)20-12-10-19(11-13-20)23(27)26-16-14-25(15-17-26)22-9-5-7-18-6-3-4-8-21(18)22/h3-13H,14-17H2,1-2H3. The molecule has 1 heterocycles. The second kappa shape index (κ2) is 7.57. The van der Waals surface area contributed by atoms with Crippen LogP contribution in [0.25, 0.3) is 10.8 Å². The van der Waals surface area contributed by atoms with Crippen LogP contribution in [-0.4, -0.2) is 50.2 Å². The normalized spacial score (nSPS) is 14.4. The Balaban J connectivity index is 1.46. The van der Waals surface area contributed by atoms with Crippen molar-refractivity contribution in [3.05, 3.63) is 72.3 Å². The summed E-state index contributed by atoms with van der Waals surface area (Å²) >= 11 is 5.78. The highest BCUT2D eigenvalue weighted by atomic mass is 32.1. The molecular weight excluding hydrogens is 350 g/mol. The van der Waals surface area contributed by atoms with Gasteiger partial charge in [-0.15, -0.1) is 0 Å². The molecule has 0 amide bonds.